The summed E-state index contributed by atoms with van der Waals surface area (Å²) < 4.78 is 0. The lowest BCUT2D eigenvalue weighted by Gasteiger charge is -2.24. The van der Waals surface area contributed by atoms with E-state index in [1.807, 2.05) is 24.3 Å². The van der Waals surface area contributed by atoms with Crippen molar-refractivity contribution >= 4 is 5.69 Å². The second-order valence-corrected chi connectivity index (χ2v) is 5.39. The SMILES string of the molecule is CCCN(CC1CC1)CC(O)c1cccc(N)c1. The van der Waals surface area contributed by atoms with Crippen LogP contribution in [0.1, 0.15) is 37.9 Å². The molecule has 1 fully saturated rings. The van der Waals surface area contributed by atoms with Gasteiger partial charge in [0.05, 0.1) is 6.10 Å². The normalized spacial score (nSPS) is 17.1. The molecule has 2 rings (SSSR count). The van der Waals surface area contributed by atoms with Gasteiger partial charge in [-0.2, -0.15) is 0 Å². The van der Waals surface area contributed by atoms with E-state index in [-0.39, 0.29) is 0 Å². The van der Waals surface area contributed by atoms with E-state index in [9.17, 15) is 5.11 Å². The fourth-order valence-corrected chi connectivity index (χ4v) is 2.36. The number of hydrogen-bond donors (Lipinski definition) is 2. The summed E-state index contributed by atoms with van der Waals surface area (Å²) in [5, 5.41) is 10.3. The van der Waals surface area contributed by atoms with Crippen LogP contribution in [0.3, 0.4) is 0 Å². The molecule has 0 amide bonds. The van der Waals surface area contributed by atoms with Crippen LogP contribution in [0.15, 0.2) is 24.3 Å². The quantitative estimate of drug-likeness (QED) is 0.729. The van der Waals surface area contributed by atoms with Gasteiger partial charge in [-0.1, -0.05) is 19.1 Å². The van der Waals surface area contributed by atoms with Gasteiger partial charge in [-0.05, 0) is 49.4 Å². The molecule has 1 aliphatic carbocycles. The minimum absolute atomic E-state index is 0.432. The van der Waals surface area contributed by atoms with Crippen molar-refractivity contribution in [1.82, 2.24) is 4.90 Å². The molecule has 1 aromatic carbocycles. The molecule has 1 unspecified atom stereocenters. The lowest BCUT2D eigenvalue weighted by molar-refractivity contribution is 0.110. The van der Waals surface area contributed by atoms with Crippen LogP contribution < -0.4 is 5.73 Å². The van der Waals surface area contributed by atoms with Crippen molar-refractivity contribution in [3.05, 3.63) is 29.8 Å². The molecular weight excluding hydrogens is 224 g/mol. The first-order valence-electron chi connectivity index (χ1n) is 6.95. The topological polar surface area (TPSA) is 49.5 Å². The first-order chi connectivity index (χ1) is 8.69. The average molecular weight is 248 g/mol. The Morgan fingerprint density at radius 3 is 2.83 bits per heavy atom. The maximum absolute atomic E-state index is 10.3. The zero-order chi connectivity index (χ0) is 13.0. The molecule has 1 saturated carbocycles. The fourth-order valence-electron chi connectivity index (χ4n) is 2.36. The third-order valence-electron chi connectivity index (χ3n) is 3.48. The van der Waals surface area contributed by atoms with Gasteiger partial charge in [0.1, 0.15) is 0 Å². The number of anilines is 1. The highest BCUT2D eigenvalue weighted by Gasteiger charge is 2.25. The highest BCUT2D eigenvalue weighted by Crippen LogP contribution is 2.30. The Bertz CT molecular complexity index is 377. The van der Waals surface area contributed by atoms with E-state index in [1.165, 1.54) is 12.8 Å². The van der Waals surface area contributed by atoms with Gasteiger partial charge in [-0.3, -0.25) is 0 Å². The second-order valence-electron chi connectivity index (χ2n) is 5.39. The van der Waals surface area contributed by atoms with E-state index >= 15 is 0 Å². The van der Waals surface area contributed by atoms with Crippen molar-refractivity contribution in [2.45, 2.75) is 32.3 Å². The van der Waals surface area contributed by atoms with E-state index in [2.05, 4.69) is 11.8 Å². The van der Waals surface area contributed by atoms with Crippen LogP contribution in [0, 0.1) is 5.92 Å². The molecular formula is C15H24N2O. The standard InChI is InChI=1S/C15H24N2O/c1-2-8-17(10-12-6-7-12)11-15(18)13-4-3-5-14(16)9-13/h3-5,9,12,15,18H,2,6-8,10-11,16H2,1H3. The van der Waals surface area contributed by atoms with Gasteiger partial charge in [-0.15, -0.1) is 0 Å². The summed E-state index contributed by atoms with van der Waals surface area (Å²) in [5.41, 5.74) is 7.39. The summed E-state index contributed by atoms with van der Waals surface area (Å²) in [7, 11) is 0. The number of nitrogens with two attached hydrogens (primary N) is 1. The number of aliphatic hydroxyl groups excluding tert-OH is 1. The lowest BCUT2D eigenvalue weighted by Crippen LogP contribution is -2.31. The zero-order valence-corrected chi connectivity index (χ0v) is 11.2. The Balaban J connectivity index is 1.92. The van der Waals surface area contributed by atoms with Gasteiger partial charge >= 0.3 is 0 Å². The first kappa shape index (κ1) is 13.4. The van der Waals surface area contributed by atoms with Gasteiger partial charge in [0, 0.05) is 18.8 Å². The minimum atomic E-state index is -0.432. The lowest BCUT2D eigenvalue weighted by atomic mass is 10.1. The van der Waals surface area contributed by atoms with Crippen LogP contribution in [0.2, 0.25) is 0 Å². The molecule has 0 spiro atoms. The largest absolute Gasteiger partial charge is 0.399 e. The zero-order valence-electron chi connectivity index (χ0n) is 11.2. The molecule has 100 valence electrons. The second kappa shape index (κ2) is 6.21. The summed E-state index contributed by atoms with van der Waals surface area (Å²) >= 11 is 0. The first-order valence-corrected chi connectivity index (χ1v) is 6.95. The molecule has 0 bridgehead atoms. The molecule has 0 aliphatic heterocycles. The Kier molecular flexibility index (Phi) is 4.61. The van der Waals surface area contributed by atoms with E-state index in [1.54, 1.807) is 0 Å². The summed E-state index contributed by atoms with van der Waals surface area (Å²) in [4.78, 5) is 2.38. The van der Waals surface area contributed by atoms with Crippen molar-refractivity contribution in [2.24, 2.45) is 5.92 Å². The highest BCUT2D eigenvalue weighted by molar-refractivity contribution is 5.41. The monoisotopic (exact) mass is 248 g/mol. The number of hydrogen-bond acceptors (Lipinski definition) is 3. The van der Waals surface area contributed by atoms with Crippen LogP contribution in [0.4, 0.5) is 5.69 Å². The number of rotatable bonds is 7. The molecule has 0 radical (unpaired) electrons. The smallest absolute Gasteiger partial charge is 0.0917 e. The molecule has 3 nitrogen and oxygen atoms in total. The number of aliphatic hydroxyl groups is 1. The molecule has 0 aromatic heterocycles. The number of nitrogens with zero attached hydrogens (tertiary/aromatic N) is 1. The summed E-state index contributed by atoms with van der Waals surface area (Å²) in [6.45, 7) is 5.10. The molecule has 3 N–H and O–H groups in total. The number of nitrogen functional groups attached to an aromatic ring is 1. The molecule has 3 heteroatoms. The predicted molar refractivity (Wildman–Crippen MR) is 75.3 cm³/mol. The van der Waals surface area contributed by atoms with Gasteiger partial charge in [0.25, 0.3) is 0 Å². The van der Waals surface area contributed by atoms with Crippen molar-refractivity contribution in [3.8, 4) is 0 Å². The Hall–Kier alpha value is -1.06. The van der Waals surface area contributed by atoms with Crippen molar-refractivity contribution in [3.63, 3.8) is 0 Å². The molecule has 1 aromatic rings. The third kappa shape index (κ3) is 4.00. The summed E-state index contributed by atoms with van der Waals surface area (Å²) in [6.07, 6.45) is 3.42. The van der Waals surface area contributed by atoms with E-state index < -0.39 is 6.10 Å². The van der Waals surface area contributed by atoms with Crippen LogP contribution in [0.5, 0.6) is 0 Å². The maximum atomic E-state index is 10.3. The van der Waals surface area contributed by atoms with Crippen LogP contribution in [-0.2, 0) is 0 Å². The van der Waals surface area contributed by atoms with Crippen LogP contribution in [0.25, 0.3) is 0 Å². The summed E-state index contributed by atoms with van der Waals surface area (Å²) in [5.74, 6) is 0.865. The fraction of sp³-hybridized carbons (Fsp3) is 0.600. The van der Waals surface area contributed by atoms with Gasteiger partial charge < -0.3 is 15.7 Å². The van der Waals surface area contributed by atoms with Crippen LogP contribution in [-0.4, -0.2) is 29.6 Å². The Morgan fingerprint density at radius 2 is 2.22 bits per heavy atom. The maximum Gasteiger partial charge on any atom is 0.0917 e. The Labute approximate surface area is 110 Å². The molecule has 0 saturated heterocycles. The van der Waals surface area contributed by atoms with E-state index in [0.29, 0.717) is 6.54 Å². The average Bonchev–Trinajstić information content (AvgIpc) is 3.13. The molecule has 1 atom stereocenters. The van der Waals surface area contributed by atoms with Crippen LogP contribution >= 0.6 is 0 Å². The van der Waals surface area contributed by atoms with E-state index in [0.717, 1.165) is 36.7 Å². The van der Waals surface area contributed by atoms with E-state index in [4.69, 9.17) is 5.73 Å². The highest BCUT2D eigenvalue weighted by atomic mass is 16.3. The number of benzene rings is 1. The van der Waals surface area contributed by atoms with Gasteiger partial charge in [-0.25, -0.2) is 0 Å². The molecule has 18 heavy (non-hydrogen) atoms. The molecule has 0 heterocycles. The van der Waals surface area contributed by atoms with Gasteiger partial charge in [0.2, 0.25) is 0 Å². The van der Waals surface area contributed by atoms with Crippen molar-refractivity contribution < 1.29 is 5.11 Å². The van der Waals surface area contributed by atoms with Crippen molar-refractivity contribution in [1.29, 1.82) is 0 Å². The van der Waals surface area contributed by atoms with Crippen molar-refractivity contribution in [2.75, 3.05) is 25.4 Å². The van der Waals surface area contributed by atoms with Gasteiger partial charge in [0.15, 0.2) is 0 Å². The minimum Gasteiger partial charge on any atom is -0.399 e. The predicted octanol–water partition coefficient (Wildman–Crippen LogP) is 2.42. The summed E-state index contributed by atoms with van der Waals surface area (Å²) in [6, 6.07) is 7.57. The third-order valence-corrected chi connectivity index (χ3v) is 3.48. The molecule has 1 aliphatic rings. The Morgan fingerprint density at radius 1 is 1.44 bits per heavy atom.